The number of rotatable bonds is 2. The number of fused-ring (bicyclic) bond motifs is 3. The second-order valence-electron chi connectivity index (χ2n) is 6.43. The Morgan fingerprint density at radius 2 is 1.58 bits per heavy atom. The van der Waals surface area contributed by atoms with Gasteiger partial charge in [0.2, 0.25) is 0 Å². The number of anilines is 1. The molecule has 0 N–H and O–H groups in total. The Bertz CT molecular complexity index is 941. The van der Waals surface area contributed by atoms with Crippen molar-refractivity contribution in [3.8, 4) is 22.3 Å². The van der Waals surface area contributed by atoms with Gasteiger partial charge in [0.15, 0.2) is 0 Å². The number of hydrogen-bond acceptors (Lipinski definition) is 2. The fraction of sp³-hybridized carbons (Fsp3) is 0.136. The highest BCUT2D eigenvalue weighted by atomic mass is 15.5. The molecule has 0 spiro atoms. The molecule has 5 rings (SSSR count). The van der Waals surface area contributed by atoms with Crippen LogP contribution >= 0.6 is 0 Å². The van der Waals surface area contributed by atoms with E-state index in [1.54, 1.807) is 0 Å². The summed E-state index contributed by atoms with van der Waals surface area (Å²) in [6, 6.07) is 24.1. The lowest BCUT2D eigenvalue weighted by atomic mass is 9.94. The molecule has 2 aliphatic rings. The molecule has 2 heteroatoms. The van der Waals surface area contributed by atoms with Gasteiger partial charge in [0.05, 0.1) is 5.69 Å². The van der Waals surface area contributed by atoms with Crippen molar-refractivity contribution in [2.24, 2.45) is 5.10 Å². The number of benzene rings is 3. The van der Waals surface area contributed by atoms with E-state index in [1.165, 1.54) is 39.1 Å². The SMILES string of the molecule is C1=NN(c2cc(-c3ccccc3)c3c(c2)-c2ccccc2C3)CC1. The minimum atomic E-state index is 0.967. The summed E-state index contributed by atoms with van der Waals surface area (Å²) in [6.07, 6.45) is 4.04. The Labute approximate surface area is 142 Å². The second-order valence-corrected chi connectivity index (χ2v) is 6.43. The minimum absolute atomic E-state index is 0.967. The summed E-state index contributed by atoms with van der Waals surface area (Å²) >= 11 is 0. The van der Waals surface area contributed by atoms with Crippen molar-refractivity contribution in [1.29, 1.82) is 0 Å². The molecule has 0 saturated carbocycles. The molecule has 1 aliphatic heterocycles. The van der Waals surface area contributed by atoms with Gasteiger partial charge in [0.25, 0.3) is 0 Å². The van der Waals surface area contributed by atoms with E-state index in [0.29, 0.717) is 0 Å². The Hall–Kier alpha value is -2.87. The number of hydrogen-bond donors (Lipinski definition) is 0. The van der Waals surface area contributed by atoms with Gasteiger partial charge in [-0.3, -0.25) is 5.01 Å². The van der Waals surface area contributed by atoms with Crippen LogP contribution in [0.1, 0.15) is 17.5 Å². The molecule has 0 amide bonds. The Balaban J connectivity index is 1.75. The highest BCUT2D eigenvalue weighted by molar-refractivity contribution is 5.88. The van der Waals surface area contributed by atoms with E-state index in [2.05, 4.69) is 76.8 Å². The Kier molecular flexibility index (Phi) is 3.02. The number of hydrazone groups is 1. The van der Waals surface area contributed by atoms with E-state index in [0.717, 1.165) is 19.4 Å². The Morgan fingerprint density at radius 1 is 0.792 bits per heavy atom. The summed E-state index contributed by atoms with van der Waals surface area (Å²) in [4.78, 5) is 0. The molecule has 0 unspecified atom stereocenters. The van der Waals surface area contributed by atoms with E-state index in [1.807, 2.05) is 6.21 Å². The van der Waals surface area contributed by atoms with Crippen LogP contribution in [0.15, 0.2) is 71.8 Å². The average Bonchev–Trinajstić information content (AvgIpc) is 3.29. The summed E-state index contributed by atoms with van der Waals surface area (Å²) in [5, 5.41) is 6.65. The van der Waals surface area contributed by atoms with Crippen LogP contribution in [-0.4, -0.2) is 12.8 Å². The van der Waals surface area contributed by atoms with Crippen molar-refractivity contribution in [2.45, 2.75) is 12.8 Å². The minimum Gasteiger partial charge on any atom is -0.265 e. The van der Waals surface area contributed by atoms with Crippen molar-refractivity contribution < 1.29 is 0 Å². The molecule has 1 aliphatic carbocycles. The summed E-state index contributed by atoms with van der Waals surface area (Å²) in [6.45, 7) is 0.967. The maximum atomic E-state index is 4.53. The third-order valence-electron chi connectivity index (χ3n) is 4.98. The van der Waals surface area contributed by atoms with Crippen LogP contribution in [-0.2, 0) is 6.42 Å². The molecule has 1 heterocycles. The van der Waals surface area contributed by atoms with Gasteiger partial charge in [0.1, 0.15) is 0 Å². The van der Waals surface area contributed by atoms with E-state index >= 15 is 0 Å². The van der Waals surface area contributed by atoms with E-state index in [4.69, 9.17) is 0 Å². The molecule has 0 saturated heterocycles. The maximum Gasteiger partial charge on any atom is 0.0606 e. The molecule has 3 aromatic rings. The topological polar surface area (TPSA) is 15.6 Å². The highest BCUT2D eigenvalue weighted by Crippen LogP contribution is 2.44. The summed E-state index contributed by atoms with van der Waals surface area (Å²) in [5.41, 5.74) is 9.41. The van der Waals surface area contributed by atoms with Gasteiger partial charge < -0.3 is 0 Å². The fourth-order valence-corrected chi connectivity index (χ4v) is 3.83. The van der Waals surface area contributed by atoms with Gasteiger partial charge in [-0.25, -0.2) is 0 Å². The first-order chi connectivity index (χ1) is 11.9. The van der Waals surface area contributed by atoms with Gasteiger partial charge in [-0.1, -0.05) is 54.6 Å². The summed E-state index contributed by atoms with van der Waals surface area (Å²) in [7, 11) is 0. The molecule has 0 aromatic heterocycles. The standard InChI is InChI=1S/C22H18N2/c1-2-7-16(8-3-1)20-14-18(24-12-6-11-23-24)15-22-19-10-5-4-9-17(19)13-21(20)22/h1-5,7-11,14-15H,6,12-13H2. The predicted octanol–water partition coefficient (Wildman–Crippen LogP) is 5.12. The van der Waals surface area contributed by atoms with Crippen molar-refractivity contribution >= 4 is 11.9 Å². The fourth-order valence-electron chi connectivity index (χ4n) is 3.83. The van der Waals surface area contributed by atoms with Crippen LogP contribution in [0.3, 0.4) is 0 Å². The zero-order valence-electron chi connectivity index (χ0n) is 13.4. The maximum absolute atomic E-state index is 4.53. The lowest BCUT2D eigenvalue weighted by Crippen LogP contribution is -2.12. The van der Waals surface area contributed by atoms with E-state index < -0.39 is 0 Å². The zero-order valence-corrected chi connectivity index (χ0v) is 13.4. The zero-order chi connectivity index (χ0) is 15.9. The molecule has 24 heavy (non-hydrogen) atoms. The van der Waals surface area contributed by atoms with E-state index in [-0.39, 0.29) is 0 Å². The van der Waals surface area contributed by atoms with E-state index in [9.17, 15) is 0 Å². The van der Waals surface area contributed by atoms with Crippen molar-refractivity contribution in [3.05, 3.63) is 77.9 Å². The van der Waals surface area contributed by atoms with Gasteiger partial charge in [0, 0.05) is 19.2 Å². The third kappa shape index (κ3) is 2.07. The monoisotopic (exact) mass is 310 g/mol. The molecule has 0 atom stereocenters. The lowest BCUT2D eigenvalue weighted by molar-refractivity contribution is 0.922. The Morgan fingerprint density at radius 3 is 2.42 bits per heavy atom. The molecular weight excluding hydrogens is 292 g/mol. The predicted molar refractivity (Wildman–Crippen MR) is 101 cm³/mol. The lowest BCUT2D eigenvalue weighted by Gasteiger charge is -2.18. The molecule has 0 radical (unpaired) electrons. The third-order valence-corrected chi connectivity index (χ3v) is 4.98. The molecule has 0 fully saturated rings. The van der Waals surface area contributed by atoms with Crippen LogP contribution in [0.2, 0.25) is 0 Å². The van der Waals surface area contributed by atoms with Crippen molar-refractivity contribution in [3.63, 3.8) is 0 Å². The largest absolute Gasteiger partial charge is 0.265 e. The normalized spacial score (nSPS) is 14.8. The van der Waals surface area contributed by atoms with Crippen LogP contribution in [0.25, 0.3) is 22.3 Å². The quantitative estimate of drug-likeness (QED) is 0.501. The molecular formula is C22H18N2. The van der Waals surface area contributed by atoms with Gasteiger partial charge in [-0.2, -0.15) is 5.10 Å². The second kappa shape index (κ2) is 5.34. The van der Waals surface area contributed by atoms with Crippen LogP contribution in [0, 0.1) is 0 Å². The first-order valence-corrected chi connectivity index (χ1v) is 8.51. The molecule has 116 valence electrons. The molecule has 3 aromatic carbocycles. The van der Waals surface area contributed by atoms with Gasteiger partial charge in [-0.05, 0) is 51.9 Å². The first kappa shape index (κ1) is 13.6. The molecule has 0 bridgehead atoms. The van der Waals surface area contributed by atoms with Crippen LogP contribution in [0.5, 0.6) is 0 Å². The number of nitrogens with zero attached hydrogens (tertiary/aromatic N) is 2. The van der Waals surface area contributed by atoms with Crippen molar-refractivity contribution in [2.75, 3.05) is 11.6 Å². The van der Waals surface area contributed by atoms with Crippen LogP contribution in [0.4, 0.5) is 5.69 Å². The highest BCUT2D eigenvalue weighted by Gasteiger charge is 2.24. The first-order valence-electron chi connectivity index (χ1n) is 8.51. The average molecular weight is 310 g/mol. The summed E-state index contributed by atoms with van der Waals surface area (Å²) < 4.78 is 0. The van der Waals surface area contributed by atoms with Gasteiger partial charge in [-0.15, -0.1) is 0 Å². The van der Waals surface area contributed by atoms with Gasteiger partial charge >= 0.3 is 0 Å². The van der Waals surface area contributed by atoms with Crippen LogP contribution < -0.4 is 5.01 Å². The van der Waals surface area contributed by atoms with Crippen molar-refractivity contribution in [1.82, 2.24) is 0 Å². The summed E-state index contributed by atoms with van der Waals surface area (Å²) in [5.74, 6) is 0. The smallest absolute Gasteiger partial charge is 0.0606 e. The molecule has 2 nitrogen and oxygen atoms in total.